The van der Waals surface area contributed by atoms with Crippen molar-refractivity contribution < 1.29 is 24.1 Å². The average molecular weight is 443 g/mol. The van der Waals surface area contributed by atoms with Crippen LogP contribution in [0, 0.1) is 5.92 Å². The summed E-state index contributed by atoms with van der Waals surface area (Å²) in [7, 11) is 2.15. The number of hydrogen-bond acceptors (Lipinski definition) is 9. The summed E-state index contributed by atoms with van der Waals surface area (Å²) in [5.41, 5.74) is 0.996. The van der Waals surface area contributed by atoms with Crippen LogP contribution in [-0.2, 0) is 32.1 Å². The summed E-state index contributed by atoms with van der Waals surface area (Å²) in [5.74, 6) is -0.561. The van der Waals surface area contributed by atoms with Crippen molar-refractivity contribution in [3.63, 3.8) is 0 Å². The third-order valence-corrected chi connectivity index (χ3v) is 5.04. The summed E-state index contributed by atoms with van der Waals surface area (Å²) < 4.78 is 18.2. The molecule has 1 saturated heterocycles. The van der Waals surface area contributed by atoms with Gasteiger partial charge in [-0.05, 0) is 7.05 Å². The fourth-order valence-electron chi connectivity index (χ4n) is 2.96. The molecule has 1 aromatic rings. The molecule has 1 atom stereocenters. The summed E-state index contributed by atoms with van der Waals surface area (Å²) in [6, 6.07) is 0. The number of aromatic nitrogens is 3. The van der Waals surface area contributed by atoms with Crippen LogP contribution in [0.2, 0.25) is 0 Å². The van der Waals surface area contributed by atoms with Crippen molar-refractivity contribution in [3.8, 4) is 0 Å². The summed E-state index contributed by atoms with van der Waals surface area (Å²) in [5, 5.41) is 20.0. The second kappa shape index (κ2) is 15.2. The first-order valence-electron chi connectivity index (χ1n) is 11.0. The van der Waals surface area contributed by atoms with Gasteiger partial charge in [-0.3, -0.25) is 9.69 Å². The molecule has 1 unspecified atom stereocenters. The summed E-state index contributed by atoms with van der Waals surface area (Å²) in [6.07, 6.45) is 1.99. The van der Waals surface area contributed by atoms with Crippen LogP contribution in [0.4, 0.5) is 0 Å². The van der Waals surface area contributed by atoms with E-state index in [1.54, 1.807) is 6.92 Å². The summed E-state index contributed by atoms with van der Waals surface area (Å²) in [6.45, 7) is 10.7. The largest absolute Gasteiger partial charge is 0.396 e. The van der Waals surface area contributed by atoms with Crippen molar-refractivity contribution in [1.29, 1.82) is 0 Å². The summed E-state index contributed by atoms with van der Waals surface area (Å²) in [4.78, 5) is 16.2. The minimum Gasteiger partial charge on any atom is -0.396 e. The van der Waals surface area contributed by atoms with Gasteiger partial charge in [0.2, 0.25) is 5.91 Å². The minimum absolute atomic E-state index is 0.153. The van der Waals surface area contributed by atoms with Crippen LogP contribution in [0.25, 0.3) is 0 Å². The molecule has 1 fully saturated rings. The first-order valence-corrected chi connectivity index (χ1v) is 11.0. The first-order chi connectivity index (χ1) is 15.1. The van der Waals surface area contributed by atoms with E-state index in [1.165, 1.54) is 0 Å². The van der Waals surface area contributed by atoms with Gasteiger partial charge in [-0.1, -0.05) is 12.1 Å². The lowest BCUT2D eigenvalue weighted by Gasteiger charge is -2.31. The molecule has 0 bridgehead atoms. The van der Waals surface area contributed by atoms with Crippen LogP contribution in [0.15, 0.2) is 6.20 Å². The number of rotatable bonds is 16. The number of hydrogen-bond donors (Lipinski definition) is 2. The van der Waals surface area contributed by atoms with Crippen LogP contribution in [0.1, 0.15) is 12.6 Å². The number of carbonyl (C=O) groups excluding carboxylic acids is 1. The summed E-state index contributed by atoms with van der Waals surface area (Å²) >= 11 is 0. The molecule has 2 N–H and O–H groups in total. The maximum atomic E-state index is 11.4. The van der Waals surface area contributed by atoms with Gasteiger partial charge in [0, 0.05) is 45.5 Å². The van der Waals surface area contributed by atoms with Crippen molar-refractivity contribution in [2.75, 3.05) is 86.0 Å². The molecule has 0 spiro atoms. The number of aliphatic hydroxyl groups excluding tert-OH is 1. The second-order valence-electron chi connectivity index (χ2n) is 7.76. The minimum atomic E-state index is -0.392. The molecule has 2 rings (SSSR count). The van der Waals surface area contributed by atoms with Gasteiger partial charge in [0.1, 0.15) is 0 Å². The van der Waals surface area contributed by atoms with Gasteiger partial charge < -0.3 is 29.5 Å². The van der Waals surface area contributed by atoms with Crippen molar-refractivity contribution >= 4 is 5.91 Å². The molecule has 1 aromatic heterocycles. The Kier molecular flexibility index (Phi) is 12.6. The zero-order chi connectivity index (χ0) is 22.3. The predicted molar refractivity (Wildman–Crippen MR) is 115 cm³/mol. The van der Waals surface area contributed by atoms with E-state index in [-0.39, 0.29) is 12.5 Å². The van der Waals surface area contributed by atoms with Gasteiger partial charge in [0.25, 0.3) is 0 Å². The fraction of sp³-hybridized carbons (Fsp3) is 0.850. The number of aliphatic hydroxyl groups is 1. The number of piperazine rings is 1. The van der Waals surface area contributed by atoms with E-state index in [0.29, 0.717) is 52.7 Å². The van der Waals surface area contributed by atoms with Gasteiger partial charge >= 0.3 is 0 Å². The molecular weight excluding hydrogens is 404 g/mol. The van der Waals surface area contributed by atoms with Gasteiger partial charge in [-0.25, -0.2) is 4.68 Å². The van der Waals surface area contributed by atoms with E-state index < -0.39 is 5.92 Å². The number of amides is 1. The van der Waals surface area contributed by atoms with Crippen LogP contribution >= 0.6 is 0 Å². The zero-order valence-electron chi connectivity index (χ0n) is 18.9. The van der Waals surface area contributed by atoms with Gasteiger partial charge in [0.05, 0.1) is 64.4 Å². The highest BCUT2D eigenvalue weighted by Crippen LogP contribution is 2.05. The maximum absolute atomic E-state index is 11.4. The highest BCUT2D eigenvalue weighted by Gasteiger charge is 2.15. The molecule has 2 heterocycles. The number of nitrogens with one attached hydrogen (secondary N) is 1. The van der Waals surface area contributed by atoms with Crippen LogP contribution < -0.4 is 5.32 Å². The van der Waals surface area contributed by atoms with E-state index in [9.17, 15) is 4.79 Å². The molecule has 0 aliphatic carbocycles. The van der Waals surface area contributed by atoms with Crippen molar-refractivity contribution in [1.82, 2.24) is 30.1 Å². The number of ether oxygens (including phenoxy) is 3. The monoisotopic (exact) mass is 442 g/mol. The normalized spacial score (nSPS) is 16.5. The van der Waals surface area contributed by atoms with E-state index >= 15 is 0 Å². The molecule has 31 heavy (non-hydrogen) atoms. The molecule has 1 amide bonds. The van der Waals surface area contributed by atoms with Crippen LogP contribution in [0.3, 0.4) is 0 Å². The smallest absolute Gasteiger partial charge is 0.225 e. The third kappa shape index (κ3) is 11.0. The average Bonchev–Trinajstić information content (AvgIpc) is 3.22. The highest BCUT2D eigenvalue weighted by atomic mass is 16.5. The molecule has 0 aromatic carbocycles. The lowest BCUT2D eigenvalue weighted by atomic mass is 10.2. The Morgan fingerprint density at radius 2 is 1.74 bits per heavy atom. The molecule has 11 heteroatoms. The van der Waals surface area contributed by atoms with Gasteiger partial charge in [-0.2, -0.15) is 0 Å². The van der Waals surface area contributed by atoms with Gasteiger partial charge in [-0.15, -0.1) is 5.10 Å². The molecule has 1 aliphatic heterocycles. The third-order valence-electron chi connectivity index (χ3n) is 5.04. The molecular formula is C20H38N6O5. The van der Waals surface area contributed by atoms with E-state index in [1.807, 2.05) is 10.9 Å². The maximum Gasteiger partial charge on any atom is 0.225 e. The molecule has 178 valence electrons. The SMILES string of the molecule is CC(CO)C(=O)NCCOCCOCCOCCn1cc(CN2CCN(C)CC2)nn1. The van der Waals surface area contributed by atoms with E-state index in [0.717, 1.165) is 38.4 Å². The number of nitrogens with zero attached hydrogens (tertiary/aromatic N) is 5. The Morgan fingerprint density at radius 3 is 2.42 bits per heavy atom. The Morgan fingerprint density at radius 1 is 1.10 bits per heavy atom. The fourth-order valence-corrected chi connectivity index (χ4v) is 2.96. The highest BCUT2D eigenvalue weighted by molar-refractivity contribution is 5.78. The van der Waals surface area contributed by atoms with Crippen molar-refractivity contribution in [2.45, 2.75) is 20.0 Å². The van der Waals surface area contributed by atoms with Crippen LogP contribution in [0.5, 0.6) is 0 Å². The Bertz CT molecular complexity index is 609. The quantitative estimate of drug-likeness (QED) is 0.305. The standard InChI is InChI=1S/C20H38N6O5/c1-18(17-27)20(28)21-3-9-29-11-13-31-14-12-30-10-8-26-16-19(22-23-26)15-25-6-4-24(2)5-7-25/h16,18,27H,3-15,17H2,1-2H3,(H,21,28). The number of carbonyl (C=O) groups is 1. The van der Waals surface area contributed by atoms with Crippen LogP contribution in [-0.4, -0.2) is 122 Å². The van der Waals surface area contributed by atoms with Crippen molar-refractivity contribution in [2.24, 2.45) is 5.92 Å². The Hall–Kier alpha value is -1.63. The molecule has 1 aliphatic rings. The molecule has 11 nitrogen and oxygen atoms in total. The Balaban J connectivity index is 1.38. The Labute approximate surface area is 184 Å². The van der Waals surface area contributed by atoms with E-state index in [4.69, 9.17) is 19.3 Å². The topological polar surface area (TPSA) is 114 Å². The number of likely N-dealkylation sites (N-methyl/N-ethyl adjacent to an activating group) is 1. The molecule has 0 saturated carbocycles. The van der Waals surface area contributed by atoms with Gasteiger partial charge in [0.15, 0.2) is 0 Å². The van der Waals surface area contributed by atoms with Crippen molar-refractivity contribution in [3.05, 3.63) is 11.9 Å². The molecule has 0 radical (unpaired) electrons. The lowest BCUT2D eigenvalue weighted by molar-refractivity contribution is -0.125. The van der Waals surface area contributed by atoms with E-state index in [2.05, 4.69) is 32.5 Å². The zero-order valence-corrected chi connectivity index (χ0v) is 18.9. The predicted octanol–water partition coefficient (Wildman–Crippen LogP) is -1.18. The lowest BCUT2D eigenvalue weighted by Crippen LogP contribution is -2.43. The first kappa shape index (κ1) is 25.6. The second-order valence-corrected chi connectivity index (χ2v) is 7.76.